The van der Waals surface area contributed by atoms with E-state index in [1.54, 1.807) is 10.9 Å². The first-order valence-corrected chi connectivity index (χ1v) is 5.44. The van der Waals surface area contributed by atoms with Crippen LogP contribution in [-0.2, 0) is 0 Å². The number of hydrogen-bond donors (Lipinski definition) is 0. The van der Waals surface area contributed by atoms with Crippen LogP contribution >= 0.6 is 0 Å². The molecule has 0 bridgehead atoms. The van der Waals surface area contributed by atoms with Gasteiger partial charge in [-0.1, -0.05) is 0 Å². The Morgan fingerprint density at radius 1 is 1.44 bits per heavy atom. The Balaban J connectivity index is 2.05. The lowest BCUT2D eigenvalue weighted by Gasteiger charge is -2.10. The summed E-state index contributed by atoms with van der Waals surface area (Å²) in [6, 6.07) is 5.68. The second-order valence-corrected chi connectivity index (χ2v) is 4.04. The number of benzene rings is 1. The van der Waals surface area contributed by atoms with Crippen LogP contribution in [0.15, 0.2) is 43.1 Å². The van der Waals surface area contributed by atoms with Crippen molar-refractivity contribution in [2.24, 2.45) is 0 Å². The highest BCUT2D eigenvalue weighted by Crippen LogP contribution is 2.38. The summed E-state index contributed by atoms with van der Waals surface area (Å²) in [5.74, 6) is 1.37. The fourth-order valence-electron chi connectivity index (χ4n) is 1.87. The SMILES string of the molecule is C=C1Oc2ccc(-n3cc(C=O)cn3)cc2N1C. The van der Waals surface area contributed by atoms with Crippen molar-refractivity contribution in [1.82, 2.24) is 9.78 Å². The second kappa shape index (κ2) is 3.73. The van der Waals surface area contributed by atoms with Gasteiger partial charge in [0.1, 0.15) is 0 Å². The van der Waals surface area contributed by atoms with Crippen molar-refractivity contribution in [1.29, 1.82) is 0 Å². The van der Waals surface area contributed by atoms with E-state index in [4.69, 9.17) is 4.74 Å². The van der Waals surface area contributed by atoms with E-state index >= 15 is 0 Å². The molecule has 2 aromatic rings. The lowest BCUT2D eigenvalue weighted by Crippen LogP contribution is -2.11. The first-order valence-electron chi connectivity index (χ1n) is 5.44. The summed E-state index contributed by atoms with van der Waals surface area (Å²) in [7, 11) is 1.89. The Morgan fingerprint density at radius 2 is 2.28 bits per heavy atom. The van der Waals surface area contributed by atoms with Gasteiger partial charge in [0, 0.05) is 13.2 Å². The number of ether oxygens (including phenoxy) is 1. The van der Waals surface area contributed by atoms with Crippen molar-refractivity contribution in [3.8, 4) is 11.4 Å². The van der Waals surface area contributed by atoms with Crippen LogP contribution in [0.3, 0.4) is 0 Å². The molecule has 0 spiro atoms. The number of nitrogens with zero attached hydrogens (tertiary/aromatic N) is 3. The van der Waals surface area contributed by atoms with Crippen molar-refractivity contribution in [2.75, 3.05) is 11.9 Å². The number of anilines is 1. The Hall–Kier alpha value is -2.56. The molecule has 0 atom stereocenters. The molecule has 2 heterocycles. The Bertz CT molecular complexity index is 645. The molecular weight excluding hydrogens is 230 g/mol. The van der Waals surface area contributed by atoms with Gasteiger partial charge in [0.2, 0.25) is 0 Å². The molecule has 0 aliphatic carbocycles. The van der Waals surface area contributed by atoms with E-state index in [-0.39, 0.29) is 0 Å². The molecule has 0 unspecified atom stereocenters. The normalized spacial score (nSPS) is 13.4. The predicted molar refractivity (Wildman–Crippen MR) is 67.1 cm³/mol. The molecule has 5 heteroatoms. The minimum Gasteiger partial charge on any atom is -0.439 e. The van der Waals surface area contributed by atoms with E-state index in [0.717, 1.165) is 23.4 Å². The number of fused-ring (bicyclic) bond motifs is 1. The molecule has 0 radical (unpaired) electrons. The van der Waals surface area contributed by atoms with Crippen molar-refractivity contribution in [3.05, 3.63) is 48.6 Å². The highest BCUT2D eigenvalue weighted by Gasteiger charge is 2.21. The average molecular weight is 241 g/mol. The van der Waals surface area contributed by atoms with Crippen molar-refractivity contribution >= 4 is 12.0 Å². The fraction of sp³-hybridized carbons (Fsp3) is 0.0769. The van der Waals surface area contributed by atoms with Crippen molar-refractivity contribution < 1.29 is 9.53 Å². The standard InChI is InChI=1S/C13H11N3O2/c1-9-15(2)12-5-11(3-4-13(12)18-9)16-7-10(8-17)6-14-16/h3-8H,1H2,2H3. The van der Waals surface area contributed by atoms with Crippen LogP contribution in [0.5, 0.6) is 5.75 Å². The van der Waals surface area contributed by atoms with Crippen LogP contribution in [0.1, 0.15) is 10.4 Å². The summed E-state index contributed by atoms with van der Waals surface area (Å²) in [4.78, 5) is 12.5. The van der Waals surface area contributed by atoms with E-state index in [9.17, 15) is 4.79 Å². The lowest BCUT2D eigenvalue weighted by atomic mass is 10.2. The van der Waals surface area contributed by atoms with E-state index < -0.39 is 0 Å². The molecule has 1 aromatic heterocycles. The van der Waals surface area contributed by atoms with Crippen molar-refractivity contribution in [2.45, 2.75) is 0 Å². The van der Waals surface area contributed by atoms with E-state index in [1.807, 2.05) is 30.1 Å². The Labute approximate surface area is 104 Å². The first kappa shape index (κ1) is 10.6. The van der Waals surface area contributed by atoms with Crippen LogP contribution in [0.4, 0.5) is 5.69 Å². The van der Waals surface area contributed by atoms with E-state index in [1.165, 1.54) is 6.20 Å². The Morgan fingerprint density at radius 3 is 3.00 bits per heavy atom. The molecule has 0 N–H and O–H groups in total. The molecule has 18 heavy (non-hydrogen) atoms. The largest absolute Gasteiger partial charge is 0.439 e. The van der Waals surface area contributed by atoms with Crippen LogP contribution in [0, 0.1) is 0 Å². The summed E-state index contributed by atoms with van der Waals surface area (Å²) in [6.45, 7) is 3.80. The third-order valence-corrected chi connectivity index (χ3v) is 2.91. The molecule has 90 valence electrons. The number of rotatable bonds is 2. The molecule has 3 rings (SSSR count). The maximum absolute atomic E-state index is 10.6. The number of hydrogen-bond acceptors (Lipinski definition) is 4. The van der Waals surface area contributed by atoms with Gasteiger partial charge in [-0.25, -0.2) is 4.68 Å². The topological polar surface area (TPSA) is 47.4 Å². The highest BCUT2D eigenvalue weighted by atomic mass is 16.5. The lowest BCUT2D eigenvalue weighted by molar-refractivity contribution is 0.112. The predicted octanol–water partition coefficient (Wildman–Crippen LogP) is 1.98. The molecule has 1 aromatic carbocycles. The first-order chi connectivity index (χ1) is 8.69. The minimum absolute atomic E-state index is 0.546. The summed E-state index contributed by atoms with van der Waals surface area (Å²) in [6.07, 6.45) is 3.98. The van der Waals surface area contributed by atoms with Crippen molar-refractivity contribution in [3.63, 3.8) is 0 Å². The average Bonchev–Trinajstić information content (AvgIpc) is 2.96. The van der Waals surface area contributed by atoms with Gasteiger partial charge in [0.25, 0.3) is 0 Å². The van der Waals surface area contributed by atoms with Gasteiger partial charge >= 0.3 is 0 Å². The van der Waals surface area contributed by atoms with E-state index in [2.05, 4.69) is 11.7 Å². The molecule has 0 fully saturated rings. The summed E-state index contributed by atoms with van der Waals surface area (Å²) in [5.41, 5.74) is 2.34. The van der Waals surface area contributed by atoms with E-state index in [0.29, 0.717) is 11.4 Å². The Kier molecular flexibility index (Phi) is 2.19. The third-order valence-electron chi connectivity index (χ3n) is 2.91. The van der Waals surface area contributed by atoms with Gasteiger partial charge in [-0.05, 0) is 24.8 Å². The molecule has 1 aliphatic rings. The van der Waals surface area contributed by atoms with Gasteiger partial charge in [-0.3, -0.25) is 4.79 Å². The minimum atomic E-state index is 0.546. The molecule has 0 saturated heterocycles. The molecule has 0 amide bonds. The summed E-state index contributed by atoms with van der Waals surface area (Å²) < 4.78 is 7.13. The number of carbonyl (C=O) groups excluding carboxylic acids is 1. The zero-order valence-electron chi connectivity index (χ0n) is 9.83. The van der Waals surface area contributed by atoms with Crippen LogP contribution in [0.25, 0.3) is 5.69 Å². The van der Waals surface area contributed by atoms with Crippen LogP contribution in [0.2, 0.25) is 0 Å². The number of aldehydes is 1. The smallest absolute Gasteiger partial charge is 0.193 e. The van der Waals surface area contributed by atoms with Crippen LogP contribution < -0.4 is 9.64 Å². The van der Waals surface area contributed by atoms with Crippen LogP contribution in [-0.4, -0.2) is 23.1 Å². The fourth-order valence-corrected chi connectivity index (χ4v) is 1.87. The van der Waals surface area contributed by atoms with Gasteiger partial charge in [-0.2, -0.15) is 5.10 Å². The highest BCUT2D eigenvalue weighted by molar-refractivity contribution is 5.74. The third kappa shape index (κ3) is 1.48. The maximum atomic E-state index is 10.6. The molecule has 5 nitrogen and oxygen atoms in total. The monoisotopic (exact) mass is 241 g/mol. The second-order valence-electron chi connectivity index (χ2n) is 4.04. The summed E-state index contributed by atoms with van der Waals surface area (Å²) >= 11 is 0. The molecular formula is C13H11N3O2. The maximum Gasteiger partial charge on any atom is 0.193 e. The van der Waals surface area contributed by atoms with Gasteiger partial charge in [0.05, 0.1) is 23.1 Å². The summed E-state index contributed by atoms with van der Waals surface area (Å²) in [5, 5.41) is 4.13. The van der Waals surface area contributed by atoms with Gasteiger partial charge in [-0.15, -0.1) is 0 Å². The zero-order valence-corrected chi connectivity index (χ0v) is 9.83. The number of carbonyl (C=O) groups is 1. The van der Waals surface area contributed by atoms with Gasteiger partial charge in [0.15, 0.2) is 17.9 Å². The molecule has 0 saturated carbocycles. The number of aromatic nitrogens is 2. The van der Waals surface area contributed by atoms with Gasteiger partial charge < -0.3 is 9.64 Å². The zero-order chi connectivity index (χ0) is 12.7. The molecule has 1 aliphatic heterocycles. The quantitative estimate of drug-likeness (QED) is 0.754.